The molecule has 0 unspecified atom stereocenters. The van der Waals surface area contributed by atoms with E-state index in [1.165, 1.54) is 24.1 Å². The van der Waals surface area contributed by atoms with Crippen LogP contribution in [0.25, 0.3) is 10.9 Å². The highest BCUT2D eigenvalue weighted by Gasteiger charge is 2.11. The van der Waals surface area contributed by atoms with Crippen molar-refractivity contribution >= 4 is 40.8 Å². The molecular formula is C22H27F2IN4O2. The molecule has 0 saturated heterocycles. The van der Waals surface area contributed by atoms with Crippen LogP contribution in [0.15, 0.2) is 53.7 Å². The Kier molecular flexibility index (Phi) is 9.83. The molecule has 168 valence electrons. The predicted molar refractivity (Wildman–Crippen MR) is 130 cm³/mol. The molecule has 0 saturated carbocycles. The lowest BCUT2D eigenvalue weighted by molar-refractivity contribution is -0.0512. The van der Waals surface area contributed by atoms with Crippen molar-refractivity contribution in [1.29, 1.82) is 0 Å². The molecule has 0 aliphatic heterocycles. The van der Waals surface area contributed by atoms with Crippen molar-refractivity contribution in [3.63, 3.8) is 0 Å². The van der Waals surface area contributed by atoms with Gasteiger partial charge in [-0.3, -0.25) is 0 Å². The van der Waals surface area contributed by atoms with Gasteiger partial charge in [-0.15, -0.1) is 24.0 Å². The number of fused-ring (bicyclic) bond motifs is 1. The van der Waals surface area contributed by atoms with Gasteiger partial charge in [0.15, 0.2) is 17.5 Å². The number of hydrogen-bond donors (Lipinski definition) is 3. The third-order valence-electron chi connectivity index (χ3n) is 4.57. The van der Waals surface area contributed by atoms with Gasteiger partial charge >= 0.3 is 6.61 Å². The van der Waals surface area contributed by atoms with Crippen molar-refractivity contribution in [2.75, 3.05) is 20.2 Å². The summed E-state index contributed by atoms with van der Waals surface area (Å²) in [6, 6.07) is 13.1. The highest BCUT2D eigenvalue weighted by Crippen LogP contribution is 2.29. The summed E-state index contributed by atoms with van der Waals surface area (Å²) >= 11 is 0. The summed E-state index contributed by atoms with van der Waals surface area (Å²) in [5, 5.41) is 7.72. The zero-order valence-electron chi connectivity index (χ0n) is 17.5. The topological polar surface area (TPSA) is 70.7 Å². The first kappa shape index (κ1) is 24.7. The number of aromatic amines is 1. The van der Waals surface area contributed by atoms with E-state index in [9.17, 15) is 8.78 Å². The zero-order valence-corrected chi connectivity index (χ0v) is 19.8. The van der Waals surface area contributed by atoms with Gasteiger partial charge in [0, 0.05) is 30.2 Å². The fraction of sp³-hybridized carbons (Fsp3) is 0.318. The first-order valence-corrected chi connectivity index (χ1v) is 9.79. The van der Waals surface area contributed by atoms with Crippen LogP contribution in [0.5, 0.6) is 11.5 Å². The number of aromatic nitrogens is 1. The van der Waals surface area contributed by atoms with Gasteiger partial charge in [-0.1, -0.05) is 24.3 Å². The molecule has 0 atom stereocenters. The van der Waals surface area contributed by atoms with Gasteiger partial charge in [-0.2, -0.15) is 8.78 Å². The fourth-order valence-electron chi connectivity index (χ4n) is 3.17. The lowest BCUT2D eigenvalue weighted by Crippen LogP contribution is -2.38. The van der Waals surface area contributed by atoms with E-state index in [4.69, 9.17) is 4.74 Å². The number of H-pyrrole nitrogens is 1. The number of hydrogen-bond acceptors (Lipinski definition) is 3. The molecule has 1 aromatic heterocycles. The molecule has 31 heavy (non-hydrogen) atoms. The minimum Gasteiger partial charge on any atom is -0.493 e. The summed E-state index contributed by atoms with van der Waals surface area (Å²) in [4.78, 5) is 7.82. The summed E-state index contributed by atoms with van der Waals surface area (Å²) in [5.41, 5.74) is 3.09. The molecule has 1 heterocycles. The maximum atomic E-state index is 12.6. The van der Waals surface area contributed by atoms with Crippen molar-refractivity contribution in [2.24, 2.45) is 4.99 Å². The number of rotatable bonds is 9. The number of nitrogens with zero attached hydrogens (tertiary/aromatic N) is 1. The standard InChI is InChI=1S/C22H26F2N4O2.HI/c1-3-25-22(26-11-10-16-14-27-18-7-5-4-6-17(16)18)28-13-15-8-9-19(29-2)20(12-15)30-21(23)24;/h4-9,12,14,21,27H,3,10-11,13H2,1-2H3,(H2,25,26,28);1H. The van der Waals surface area contributed by atoms with Gasteiger partial charge in [0.1, 0.15) is 0 Å². The van der Waals surface area contributed by atoms with Gasteiger partial charge in [0.25, 0.3) is 0 Å². The lowest BCUT2D eigenvalue weighted by Gasteiger charge is -2.13. The van der Waals surface area contributed by atoms with E-state index in [1.54, 1.807) is 12.1 Å². The van der Waals surface area contributed by atoms with Crippen LogP contribution in [0.4, 0.5) is 8.78 Å². The number of halogens is 3. The van der Waals surface area contributed by atoms with E-state index in [0.717, 1.165) is 17.5 Å². The predicted octanol–water partition coefficient (Wildman–Crippen LogP) is 4.69. The minimum absolute atomic E-state index is 0. The van der Waals surface area contributed by atoms with E-state index in [-0.39, 0.29) is 35.5 Å². The van der Waals surface area contributed by atoms with E-state index in [0.29, 0.717) is 25.6 Å². The molecule has 2 aromatic carbocycles. The first-order valence-electron chi connectivity index (χ1n) is 9.79. The van der Waals surface area contributed by atoms with Crippen LogP contribution < -0.4 is 20.1 Å². The van der Waals surface area contributed by atoms with E-state index < -0.39 is 6.61 Å². The largest absolute Gasteiger partial charge is 0.493 e. The maximum Gasteiger partial charge on any atom is 0.387 e. The Balaban J connectivity index is 0.00000341. The molecule has 0 bridgehead atoms. The van der Waals surface area contributed by atoms with Gasteiger partial charge in [0.2, 0.25) is 0 Å². The van der Waals surface area contributed by atoms with E-state index in [1.807, 2.05) is 25.3 Å². The number of guanidine groups is 1. The molecule has 0 fully saturated rings. The molecule has 3 N–H and O–H groups in total. The summed E-state index contributed by atoms with van der Waals surface area (Å²) in [5.74, 6) is 0.911. The third-order valence-corrected chi connectivity index (χ3v) is 4.57. The molecule has 0 aliphatic rings. The smallest absolute Gasteiger partial charge is 0.387 e. The molecule has 6 nitrogen and oxygen atoms in total. The van der Waals surface area contributed by atoms with Crippen LogP contribution in [-0.2, 0) is 13.0 Å². The number of alkyl halides is 2. The van der Waals surface area contributed by atoms with Crippen LogP contribution in [0.3, 0.4) is 0 Å². The summed E-state index contributed by atoms with van der Waals surface area (Å²) in [7, 11) is 1.41. The first-order chi connectivity index (χ1) is 14.6. The number of ether oxygens (including phenoxy) is 2. The number of benzene rings is 2. The molecule has 0 aliphatic carbocycles. The van der Waals surface area contributed by atoms with Crippen LogP contribution in [0, 0.1) is 0 Å². The summed E-state index contributed by atoms with van der Waals surface area (Å²) < 4.78 is 34.8. The lowest BCUT2D eigenvalue weighted by atomic mass is 10.1. The van der Waals surface area contributed by atoms with Gasteiger partial charge in [-0.05, 0) is 42.7 Å². The minimum atomic E-state index is -2.92. The monoisotopic (exact) mass is 544 g/mol. The number of para-hydroxylation sites is 1. The van der Waals surface area contributed by atoms with Gasteiger partial charge in [-0.25, -0.2) is 4.99 Å². The Morgan fingerprint density at radius 1 is 1.13 bits per heavy atom. The molecule has 9 heteroatoms. The molecule has 0 radical (unpaired) electrons. The highest BCUT2D eigenvalue weighted by molar-refractivity contribution is 14.0. The summed E-state index contributed by atoms with van der Waals surface area (Å²) in [6.07, 6.45) is 2.86. The molecule has 0 amide bonds. The molecule has 3 rings (SSSR count). The average molecular weight is 544 g/mol. The third kappa shape index (κ3) is 6.98. The van der Waals surface area contributed by atoms with Crippen molar-refractivity contribution in [2.45, 2.75) is 26.5 Å². The number of aliphatic imine (C=N–C) groups is 1. The second-order valence-corrected chi connectivity index (χ2v) is 6.60. The van der Waals surface area contributed by atoms with Crippen LogP contribution in [0.2, 0.25) is 0 Å². The second kappa shape index (κ2) is 12.3. The Bertz CT molecular complexity index is 995. The fourth-order valence-corrected chi connectivity index (χ4v) is 3.17. The van der Waals surface area contributed by atoms with Crippen molar-refractivity contribution < 1.29 is 18.3 Å². The molecular weight excluding hydrogens is 517 g/mol. The normalized spacial score (nSPS) is 11.3. The van der Waals surface area contributed by atoms with Crippen LogP contribution in [0.1, 0.15) is 18.1 Å². The number of methoxy groups -OCH3 is 1. The SMILES string of the molecule is CCNC(=NCc1ccc(OC)c(OC(F)F)c1)NCCc1c[nH]c2ccccc12.I. The Morgan fingerprint density at radius 2 is 1.94 bits per heavy atom. The molecule has 3 aromatic rings. The van der Waals surface area contributed by atoms with Crippen molar-refractivity contribution in [1.82, 2.24) is 15.6 Å². The average Bonchev–Trinajstić information content (AvgIpc) is 3.15. The van der Waals surface area contributed by atoms with Crippen molar-refractivity contribution in [3.05, 3.63) is 59.8 Å². The summed E-state index contributed by atoms with van der Waals surface area (Å²) in [6.45, 7) is 0.795. The molecule has 0 spiro atoms. The number of nitrogens with one attached hydrogen (secondary N) is 3. The Labute approximate surface area is 197 Å². The van der Waals surface area contributed by atoms with E-state index in [2.05, 4.69) is 37.5 Å². The maximum absolute atomic E-state index is 12.6. The van der Waals surface area contributed by atoms with Crippen molar-refractivity contribution in [3.8, 4) is 11.5 Å². The van der Waals surface area contributed by atoms with E-state index >= 15 is 0 Å². The van der Waals surface area contributed by atoms with Gasteiger partial charge in [0.05, 0.1) is 13.7 Å². The van der Waals surface area contributed by atoms with Gasteiger partial charge < -0.3 is 25.1 Å². The van der Waals surface area contributed by atoms with Crippen LogP contribution in [-0.4, -0.2) is 37.8 Å². The Morgan fingerprint density at radius 3 is 2.68 bits per heavy atom. The quantitative estimate of drug-likeness (QED) is 0.208. The highest BCUT2D eigenvalue weighted by atomic mass is 127. The zero-order chi connectivity index (χ0) is 21.3. The van der Waals surface area contributed by atoms with Crippen LogP contribution >= 0.6 is 24.0 Å². The second-order valence-electron chi connectivity index (χ2n) is 6.60. The Hall–Kier alpha value is -2.56.